The molecule has 0 radical (unpaired) electrons. The zero-order valence-electron chi connectivity index (χ0n) is 16.2. The highest BCUT2D eigenvalue weighted by molar-refractivity contribution is 7.90. The van der Waals surface area contributed by atoms with Crippen LogP contribution in [0.4, 0.5) is 0 Å². The molecule has 0 amide bonds. The lowest BCUT2D eigenvalue weighted by Crippen LogP contribution is -2.49. The van der Waals surface area contributed by atoms with Gasteiger partial charge in [-0.3, -0.25) is 4.18 Å². The zero-order valence-corrected chi connectivity index (χ0v) is 18.6. The molecule has 7 nitrogen and oxygen atoms in total. The summed E-state index contributed by atoms with van der Waals surface area (Å²) in [5, 5.41) is 0. The molecule has 166 valence electrons. The number of alkyl halides is 2. The summed E-state index contributed by atoms with van der Waals surface area (Å²) in [6.07, 6.45) is -0.524. The third-order valence-corrected chi connectivity index (χ3v) is 7.21. The van der Waals surface area contributed by atoms with Crippen molar-refractivity contribution in [2.24, 2.45) is 11.8 Å². The van der Waals surface area contributed by atoms with E-state index >= 15 is 0 Å². The minimum Gasteiger partial charge on any atom is -0.462 e. The zero-order chi connectivity index (χ0) is 22.4. The highest BCUT2D eigenvalue weighted by Crippen LogP contribution is 2.39. The number of rotatable bonds is 9. The third-order valence-electron chi connectivity index (χ3n) is 4.95. The number of ether oxygens (including phenoxy) is 2. The van der Waals surface area contributed by atoms with Crippen LogP contribution in [0.3, 0.4) is 0 Å². The van der Waals surface area contributed by atoms with E-state index in [1.54, 1.807) is 60.7 Å². The normalized spacial score (nSPS) is 20.7. The molecular formula is C21H20Cl2O7S. The van der Waals surface area contributed by atoms with Gasteiger partial charge in [-0.2, -0.15) is 8.42 Å². The lowest BCUT2D eigenvalue weighted by atomic mass is 9.72. The van der Waals surface area contributed by atoms with E-state index in [1.165, 1.54) is 0 Å². The van der Waals surface area contributed by atoms with Gasteiger partial charge in [0.05, 0.1) is 30.4 Å². The number of carbonyl (C=O) groups excluding carboxylic acids is 2. The Morgan fingerprint density at radius 2 is 1.35 bits per heavy atom. The van der Waals surface area contributed by atoms with Gasteiger partial charge in [0.25, 0.3) is 10.1 Å². The van der Waals surface area contributed by atoms with E-state index in [9.17, 15) is 18.0 Å². The second-order valence-electron chi connectivity index (χ2n) is 6.98. The first-order valence-electron chi connectivity index (χ1n) is 9.42. The van der Waals surface area contributed by atoms with Crippen LogP contribution in [-0.4, -0.2) is 43.8 Å². The van der Waals surface area contributed by atoms with Gasteiger partial charge in [-0.05, 0) is 30.7 Å². The molecule has 31 heavy (non-hydrogen) atoms. The molecule has 0 aliphatic heterocycles. The largest absolute Gasteiger partial charge is 0.462 e. The fraction of sp³-hybridized carbons (Fsp3) is 0.333. The molecule has 10 heteroatoms. The van der Waals surface area contributed by atoms with Crippen molar-refractivity contribution in [3.05, 3.63) is 71.8 Å². The molecule has 3 unspecified atom stereocenters. The van der Waals surface area contributed by atoms with Gasteiger partial charge in [0.2, 0.25) is 4.17 Å². The maximum atomic E-state index is 12.2. The molecule has 0 saturated heterocycles. The second kappa shape index (κ2) is 10.5. The number of benzene rings is 2. The summed E-state index contributed by atoms with van der Waals surface area (Å²) < 4.78 is 37.9. The molecule has 0 aromatic heterocycles. The second-order valence-corrected chi connectivity index (χ2v) is 10.2. The average Bonchev–Trinajstić information content (AvgIpc) is 2.76. The van der Waals surface area contributed by atoms with Crippen LogP contribution < -0.4 is 0 Å². The van der Waals surface area contributed by atoms with Gasteiger partial charge in [0.15, 0.2) is 0 Å². The highest BCUT2D eigenvalue weighted by atomic mass is 35.5. The van der Waals surface area contributed by atoms with Crippen LogP contribution in [0.1, 0.15) is 27.1 Å². The van der Waals surface area contributed by atoms with E-state index in [0.29, 0.717) is 11.1 Å². The molecule has 2 aromatic rings. The van der Waals surface area contributed by atoms with Gasteiger partial charge in [-0.25, -0.2) is 9.59 Å². The lowest BCUT2D eigenvalue weighted by molar-refractivity contribution is -0.0705. The number of hydrogen-bond donors (Lipinski definition) is 0. The van der Waals surface area contributed by atoms with Crippen LogP contribution in [-0.2, 0) is 23.8 Å². The Morgan fingerprint density at radius 1 is 0.871 bits per heavy atom. The van der Waals surface area contributed by atoms with Crippen LogP contribution in [0, 0.1) is 11.8 Å². The standard InChI is InChI=1S/C21H20Cl2O7S/c22-21(23)31(26,27)30-18-11-16(12-28-19(24)14-7-3-1-4-8-14)17(18)13-29-20(25)15-9-5-2-6-10-15/h1-10,16-18,21H,11-13H2. The Morgan fingerprint density at radius 3 is 1.84 bits per heavy atom. The molecular weight excluding hydrogens is 467 g/mol. The first kappa shape index (κ1) is 23.5. The molecule has 3 atom stereocenters. The van der Waals surface area contributed by atoms with Crippen molar-refractivity contribution in [2.45, 2.75) is 16.7 Å². The van der Waals surface area contributed by atoms with E-state index in [-0.39, 0.29) is 25.6 Å². The number of hydrogen-bond acceptors (Lipinski definition) is 7. The number of halogens is 2. The van der Waals surface area contributed by atoms with Crippen molar-refractivity contribution in [1.29, 1.82) is 0 Å². The van der Waals surface area contributed by atoms with Gasteiger partial charge < -0.3 is 9.47 Å². The molecule has 1 fully saturated rings. The fourth-order valence-corrected chi connectivity index (χ4v) is 4.09. The van der Waals surface area contributed by atoms with Gasteiger partial charge in [-0.15, -0.1) is 0 Å². The molecule has 1 saturated carbocycles. The van der Waals surface area contributed by atoms with Crippen LogP contribution in [0.5, 0.6) is 0 Å². The van der Waals surface area contributed by atoms with Crippen molar-refractivity contribution in [2.75, 3.05) is 13.2 Å². The van der Waals surface area contributed by atoms with Crippen molar-refractivity contribution in [1.82, 2.24) is 0 Å². The van der Waals surface area contributed by atoms with Gasteiger partial charge in [-0.1, -0.05) is 59.6 Å². The Balaban J connectivity index is 1.62. The number of esters is 2. The average molecular weight is 487 g/mol. The predicted octanol–water partition coefficient (Wildman–Crippen LogP) is 3.81. The highest BCUT2D eigenvalue weighted by Gasteiger charge is 2.46. The van der Waals surface area contributed by atoms with Crippen LogP contribution >= 0.6 is 23.2 Å². The summed E-state index contributed by atoms with van der Waals surface area (Å²) in [7, 11) is -4.20. The minimum atomic E-state index is -4.20. The molecule has 2 aromatic carbocycles. The van der Waals surface area contributed by atoms with E-state index < -0.39 is 38.2 Å². The summed E-state index contributed by atoms with van der Waals surface area (Å²) in [4.78, 5) is 24.4. The first-order valence-corrected chi connectivity index (χ1v) is 11.8. The lowest BCUT2D eigenvalue weighted by Gasteiger charge is -2.42. The van der Waals surface area contributed by atoms with Crippen molar-refractivity contribution in [3.63, 3.8) is 0 Å². The van der Waals surface area contributed by atoms with Gasteiger partial charge >= 0.3 is 11.9 Å². The molecule has 3 rings (SSSR count). The minimum absolute atomic E-state index is 0.0202. The Bertz CT molecular complexity index is 997. The quantitative estimate of drug-likeness (QED) is 0.302. The SMILES string of the molecule is O=C(OCC1CC(OS(=O)(=O)C(Cl)Cl)C1COC(=O)c1ccccc1)c1ccccc1. The summed E-state index contributed by atoms with van der Waals surface area (Å²) in [6.45, 7) is -0.0942. The predicted molar refractivity (Wildman–Crippen MR) is 114 cm³/mol. The van der Waals surface area contributed by atoms with Crippen LogP contribution in [0.2, 0.25) is 0 Å². The van der Waals surface area contributed by atoms with Gasteiger partial charge in [0, 0.05) is 11.8 Å². The summed E-state index contributed by atoms with van der Waals surface area (Å²) in [5.41, 5.74) is 0.761. The summed E-state index contributed by atoms with van der Waals surface area (Å²) >= 11 is 10.9. The van der Waals surface area contributed by atoms with Gasteiger partial charge in [0.1, 0.15) is 0 Å². The Hall–Kier alpha value is -2.13. The maximum Gasteiger partial charge on any atom is 0.338 e. The molecule has 0 bridgehead atoms. The third kappa shape index (κ3) is 6.20. The summed E-state index contributed by atoms with van der Waals surface area (Å²) in [6, 6.07) is 16.8. The van der Waals surface area contributed by atoms with E-state index in [1.807, 2.05) is 0 Å². The Kier molecular flexibility index (Phi) is 7.94. The monoisotopic (exact) mass is 486 g/mol. The first-order chi connectivity index (χ1) is 14.8. The Labute approximate surface area is 190 Å². The molecule has 0 N–H and O–H groups in total. The smallest absolute Gasteiger partial charge is 0.338 e. The summed E-state index contributed by atoms with van der Waals surface area (Å²) in [5.74, 6) is -1.83. The fourth-order valence-electron chi connectivity index (χ4n) is 3.19. The van der Waals surface area contributed by atoms with Crippen LogP contribution in [0.25, 0.3) is 0 Å². The van der Waals surface area contributed by atoms with E-state index in [0.717, 1.165) is 0 Å². The van der Waals surface area contributed by atoms with Crippen molar-refractivity contribution < 1.29 is 31.7 Å². The van der Waals surface area contributed by atoms with Crippen molar-refractivity contribution in [3.8, 4) is 0 Å². The molecule has 1 aliphatic carbocycles. The molecule has 0 heterocycles. The number of carbonyl (C=O) groups is 2. The van der Waals surface area contributed by atoms with E-state index in [2.05, 4.69) is 0 Å². The van der Waals surface area contributed by atoms with Crippen molar-refractivity contribution >= 4 is 45.3 Å². The van der Waals surface area contributed by atoms with E-state index in [4.69, 9.17) is 36.9 Å². The maximum absolute atomic E-state index is 12.2. The molecule has 1 aliphatic rings. The topological polar surface area (TPSA) is 96.0 Å². The van der Waals surface area contributed by atoms with Crippen LogP contribution in [0.15, 0.2) is 60.7 Å². The molecule has 0 spiro atoms.